The second-order valence-corrected chi connectivity index (χ2v) is 7.03. The van der Waals surface area contributed by atoms with E-state index in [2.05, 4.69) is 0 Å². The molecule has 1 fully saturated rings. The maximum absolute atomic E-state index is 13.1. The van der Waals surface area contributed by atoms with Crippen molar-refractivity contribution in [1.29, 1.82) is 0 Å². The smallest absolute Gasteiger partial charge is 0.292 e. The van der Waals surface area contributed by atoms with E-state index in [-0.39, 0.29) is 16.5 Å². The molecule has 0 spiro atoms. The predicted octanol–water partition coefficient (Wildman–Crippen LogP) is 3.41. The largest absolute Gasteiger partial charge is 0.362 e. The van der Waals surface area contributed by atoms with Crippen LogP contribution >= 0.6 is 0 Å². The number of anilines is 1. The fourth-order valence-electron chi connectivity index (χ4n) is 3.72. The summed E-state index contributed by atoms with van der Waals surface area (Å²) in [5, 5.41) is 11.3. The van der Waals surface area contributed by atoms with Crippen LogP contribution in [0.25, 0.3) is 0 Å². The first-order chi connectivity index (χ1) is 14.1. The van der Waals surface area contributed by atoms with Crippen LogP contribution in [0.3, 0.4) is 0 Å². The zero-order chi connectivity index (χ0) is 20.2. The molecule has 7 nitrogen and oxygen atoms in total. The van der Waals surface area contributed by atoms with Crippen molar-refractivity contribution in [1.82, 2.24) is 9.47 Å². The van der Waals surface area contributed by atoms with E-state index in [0.717, 1.165) is 5.56 Å². The Morgan fingerprint density at radius 2 is 1.59 bits per heavy atom. The topological polar surface area (TPSA) is 71.6 Å². The van der Waals surface area contributed by atoms with Crippen LogP contribution in [0.2, 0.25) is 0 Å². The van der Waals surface area contributed by atoms with Crippen LogP contribution in [-0.2, 0) is 6.54 Å². The standard InChI is InChI=1S/C22H22N4O3/c27-22(21-11-6-12-25(21)17-18-7-2-1-3-8-18)24-15-13-23(14-16-24)19-9-4-5-10-20(19)26(28)29/h1-12H,13-17H2. The van der Waals surface area contributed by atoms with E-state index in [1.165, 1.54) is 6.07 Å². The van der Waals surface area contributed by atoms with Gasteiger partial charge in [-0.1, -0.05) is 42.5 Å². The Morgan fingerprint density at radius 3 is 2.31 bits per heavy atom. The van der Waals surface area contributed by atoms with Gasteiger partial charge in [0, 0.05) is 45.0 Å². The third-order valence-electron chi connectivity index (χ3n) is 5.23. The maximum atomic E-state index is 13.1. The molecule has 7 heteroatoms. The van der Waals surface area contributed by atoms with Crippen molar-refractivity contribution in [3.05, 3.63) is 94.3 Å². The molecule has 3 aromatic rings. The lowest BCUT2D eigenvalue weighted by Gasteiger charge is -2.35. The number of piperazine rings is 1. The highest BCUT2D eigenvalue weighted by Gasteiger charge is 2.27. The fourth-order valence-corrected chi connectivity index (χ4v) is 3.72. The molecule has 29 heavy (non-hydrogen) atoms. The van der Waals surface area contributed by atoms with E-state index >= 15 is 0 Å². The van der Waals surface area contributed by atoms with Gasteiger partial charge < -0.3 is 14.4 Å². The molecule has 1 aliphatic heterocycles. The second kappa shape index (κ2) is 8.18. The third kappa shape index (κ3) is 3.99. The number of carbonyl (C=O) groups is 1. The van der Waals surface area contributed by atoms with E-state index in [1.807, 2.05) is 63.0 Å². The van der Waals surface area contributed by atoms with Gasteiger partial charge in [0.25, 0.3) is 11.6 Å². The summed E-state index contributed by atoms with van der Waals surface area (Å²) in [5.74, 6) is -0.00635. The average Bonchev–Trinajstić information content (AvgIpc) is 3.22. The molecule has 1 saturated heterocycles. The van der Waals surface area contributed by atoms with E-state index in [0.29, 0.717) is 44.1 Å². The number of amides is 1. The molecular weight excluding hydrogens is 368 g/mol. The van der Waals surface area contributed by atoms with Crippen molar-refractivity contribution in [3.63, 3.8) is 0 Å². The number of carbonyl (C=O) groups excluding carboxylic acids is 1. The normalized spacial score (nSPS) is 14.1. The third-order valence-corrected chi connectivity index (χ3v) is 5.23. The van der Waals surface area contributed by atoms with Gasteiger partial charge >= 0.3 is 0 Å². The van der Waals surface area contributed by atoms with Gasteiger partial charge in [-0.05, 0) is 23.8 Å². The lowest BCUT2D eigenvalue weighted by molar-refractivity contribution is -0.384. The van der Waals surface area contributed by atoms with Crippen LogP contribution < -0.4 is 4.90 Å². The highest BCUT2D eigenvalue weighted by atomic mass is 16.6. The Bertz CT molecular complexity index is 1010. The lowest BCUT2D eigenvalue weighted by atomic mass is 10.2. The van der Waals surface area contributed by atoms with Gasteiger partial charge in [0.15, 0.2) is 0 Å². The summed E-state index contributed by atoms with van der Waals surface area (Å²) in [7, 11) is 0. The molecule has 0 bridgehead atoms. The van der Waals surface area contributed by atoms with Crippen LogP contribution in [0.1, 0.15) is 16.1 Å². The Kier molecular flexibility index (Phi) is 5.29. The first kappa shape index (κ1) is 18.7. The monoisotopic (exact) mass is 390 g/mol. The molecule has 0 aliphatic carbocycles. The van der Waals surface area contributed by atoms with E-state index in [9.17, 15) is 14.9 Å². The van der Waals surface area contributed by atoms with Gasteiger partial charge in [-0.15, -0.1) is 0 Å². The SMILES string of the molecule is O=C(c1cccn1Cc1ccccc1)N1CCN(c2ccccc2[N+](=O)[O-])CC1. The minimum absolute atomic E-state index is 0.00635. The minimum Gasteiger partial charge on any atom is -0.362 e. The molecule has 1 aliphatic rings. The highest BCUT2D eigenvalue weighted by Crippen LogP contribution is 2.28. The summed E-state index contributed by atoms with van der Waals surface area (Å²) < 4.78 is 1.96. The molecule has 148 valence electrons. The van der Waals surface area contributed by atoms with Gasteiger partial charge in [0.05, 0.1) is 4.92 Å². The number of nitro benzene ring substituents is 1. The summed E-state index contributed by atoms with van der Waals surface area (Å²) in [5.41, 5.74) is 2.51. The lowest BCUT2D eigenvalue weighted by Crippen LogP contribution is -2.49. The van der Waals surface area contributed by atoms with Crippen molar-refractivity contribution >= 4 is 17.3 Å². The number of para-hydroxylation sites is 2. The Labute approximate surface area is 168 Å². The van der Waals surface area contributed by atoms with Crippen molar-refractivity contribution in [2.45, 2.75) is 6.54 Å². The molecular formula is C22H22N4O3. The van der Waals surface area contributed by atoms with Crippen molar-refractivity contribution in [3.8, 4) is 0 Å². The van der Waals surface area contributed by atoms with Gasteiger partial charge in [-0.2, -0.15) is 0 Å². The van der Waals surface area contributed by atoms with Crippen molar-refractivity contribution in [2.75, 3.05) is 31.1 Å². The average molecular weight is 390 g/mol. The molecule has 0 N–H and O–H groups in total. The number of rotatable bonds is 5. The van der Waals surface area contributed by atoms with Crippen LogP contribution in [0.4, 0.5) is 11.4 Å². The number of benzene rings is 2. The molecule has 2 heterocycles. The quantitative estimate of drug-likeness (QED) is 0.494. The van der Waals surface area contributed by atoms with Crippen LogP contribution in [-0.4, -0.2) is 46.5 Å². The first-order valence-corrected chi connectivity index (χ1v) is 9.60. The van der Waals surface area contributed by atoms with Gasteiger partial charge in [-0.25, -0.2) is 0 Å². The summed E-state index contributed by atoms with van der Waals surface area (Å²) in [6.07, 6.45) is 1.92. The van der Waals surface area contributed by atoms with Crippen molar-refractivity contribution in [2.24, 2.45) is 0 Å². The van der Waals surface area contributed by atoms with Crippen LogP contribution in [0.15, 0.2) is 72.9 Å². The van der Waals surface area contributed by atoms with E-state index < -0.39 is 0 Å². The highest BCUT2D eigenvalue weighted by molar-refractivity contribution is 5.93. The van der Waals surface area contributed by atoms with Crippen molar-refractivity contribution < 1.29 is 9.72 Å². The molecule has 4 rings (SSSR count). The number of nitrogens with zero attached hydrogens (tertiary/aromatic N) is 4. The molecule has 2 aromatic carbocycles. The summed E-state index contributed by atoms with van der Waals surface area (Å²) in [4.78, 5) is 27.8. The molecule has 0 atom stereocenters. The molecule has 1 aromatic heterocycles. The number of aromatic nitrogens is 1. The maximum Gasteiger partial charge on any atom is 0.292 e. The van der Waals surface area contributed by atoms with E-state index in [1.54, 1.807) is 18.2 Å². The zero-order valence-electron chi connectivity index (χ0n) is 16.0. The number of hydrogen-bond donors (Lipinski definition) is 0. The Balaban J connectivity index is 1.44. The molecule has 1 amide bonds. The number of hydrogen-bond acceptors (Lipinski definition) is 4. The predicted molar refractivity (Wildman–Crippen MR) is 111 cm³/mol. The summed E-state index contributed by atoms with van der Waals surface area (Å²) >= 11 is 0. The summed E-state index contributed by atoms with van der Waals surface area (Å²) in [6.45, 7) is 2.83. The minimum atomic E-state index is -0.358. The molecule has 0 radical (unpaired) electrons. The summed E-state index contributed by atoms with van der Waals surface area (Å²) in [6, 6.07) is 20.5. The second-order valence-electron chi connectivity index (χ2n) is 7.03. The van der Waals surface area contributed by atoms with Gasteiger partial charge in [-0.3, -0.25) is 14.9 Å². The van der Waals surface area contributed by atoms with Gasteiger partial charge in [0.2, 0.25) is 0 Å². The van der Waals surface area contributed by atoms with Crippen LogP contribution in [0.5, 0.6) is 0 Å². The zero-order valence-corrected chi connectivity index (χ0v) is 16.0. The van der Waals surface area contributed by atoms with Crippen LogP contribution in [0, 0.1) is 10.1 Å². The molecule has 0 saturated carbocycles. The Morgan fingerprint density at radius 1 is 0.897 bits per heavy atom. The first-order valence-electron chi connectivity index (χ1n) is 9.60. The van der Waals surface area contributed by atoms with Gasteiger partial charge in [0.1, 0.15) is 11.4 Å². The van der Waals surface area contributed by atoms with E-state index in [4.69, 9.17) is 0 Å². The number of nitro groups is 1. The fraction of sp³-hybridized carbons (Fsp3) is 0.227. The Hall–Kier alpha value is -3.61. The molecule has 0 unspecified atom stereocenters.